The third kappa shape index (κ3) is 1.35. The molecule has 0 aliphatic heterocycles. The number of nitrogens with zero attached hydrogens (tertiary/aromatic N) is 2. The van der Waals surface area contributed by atoms with E-state index < -0.39 is 0 Å². The van der Waals surface area contributed by atoms with E-state index in [4.69, 9.17) is 0 Å². The third-order valence-electron chi connectivity index (χ3n) is 1.73. The number of H-pyrrole nitrogens is 1. The number of halogens is 1. The predicted octanol–water partition coefficient (Wildman–Crippen LogP) is 1.92. The van der Waals surface area contributed by atoms with Gasteiger partial charge in [-0.1, -0.05) is 0 Å². The lowest BCUT2D eigenvalue weighted by Gasteiger charge is -1.92. The zero-order chi connectivity index (χ0) is 9.42. The van der Waals surface area contributed by atoms with Crippen LogP contribution in [-0.4, -0.2) is 20.7 Å². The van der Waals surface area contributed by atoms with Crippen LogP contribution in [-0.2, 0) is 0 Å². The quantitative estimate of drug-likeness (QED) is 0.774. The van der Waals surface area contributed by atoms with Crippen LogP contribution in [0.2, 0.25) is 0 Å². The van der Waals surface area contributed by atoms with Crippen molar-refractivity contribution in [2.24, 2.45) is 0 Å². The number of aromatic nitrogens is 3. The summed E-state index contributed by atoms with van der Waals surface area (Å²) in [6, 6.07) is 0. The van der Waals surface area contributed by atoms with Gasteiger partial charge in [0.05, 0.1) is 11.8 Å². The van der Waals surface area contributed by atoms with Crippen LogP contribution in [0.15, 0.2) is 17.0 Å². The minimum atomic E-state index is -0.0151. The lowest BCUT2D eigenvalue weighted by Crippen LogP contribution is -1.91. The van der Waals surface area contributed by atoms with E-state index in [1.165, 1.54) is 6.92 Å². The first-order chi connectivity index (χ1) is 6.18. The highest BCUT2D eigenvalue weighted by Crippen LogP contribution is 2.16. The summed E-state index contributed by atoms with van der Waals surface area (Å²) >= 11 is 3.20. The van der Waals surface area contributed by atoms with Crippen LogP contribution in [0.5, 0.6) is 0 Å². The second-order valence-electron chi connectivity index (χ2n) is 2.65. The van der Waals surface area contributed by atoms with Crippen molar-refractivity contribution < 1.29 is 4.79 Å². The Bertz CT molecular complexity index is 477. The largest absolute Gasteiger partial charge is 0.344 e. The van der Waals surface area contributed by atoms with Crippen molar-refractivity contribution in [1.29, 1.82) is 0 Å². The van der Waals surface area contributed by atoms with Crippen LogP contribution >= 0.6 is 15.9 Å². The van der Waals surface area contributed by atoms with E-state index in [2.05, 4.69) is 30.9 Å². The maximum atomic E-state index is 11.1. The molecular weight excluding hydrogens is 234 g/mol. The summed E-state index contributed by atoms with van der Waals surface area (Å²) in [5.41, 5.74) is 1.82. The summed E-state index contributed by atoms with van der Waals surface area (Å²) in [7, 11) is 0. The molecular formula is C8H6BrN3O. The van der Waals surface area contributed by atoms with Crippen molar-refractivity contribution in [2.75, 3.05) is 0 Å². The first-order valence-electron chi connectivity index (χ1n) is 3.69. The van der Waals surface area contributed by atoms with Crippen LogP contribution in [0.25, 0.3) is 11.2 Å². The number of hydrogen-bond donors (Lipinski definition) is 1. The Morgan fingerprint density at radius 2 is 2.38 bits per heavy atom. The van der Waals surface area contributed by atoms with Gasteiger partial charge in [0.25, 0.3) is 0 Å². The minimum Gasteiger partial charge on any atom is -0.344 e. The SMILES string of the molecule is CC(=O)c1c[nH]c2ncc(Br)nc12. The first-order valence-corrected chi connectivity index (χ1v) is 4.48. The van der Waals surface area contributed by atoms with Gasteiger partial charge in [0.1, 0.15) is 10.1 Å². The fourth-order valence-corrected chi connectivity index (χ4v) is 1.42. The second kappa shape index (κ2) is 2.92. The van der Waals surface area contributed by atoms with Gasteiger partial charge in [0.2, 0.25) is 0 Å². The maximum absolute atomic E-state index is 11.1. The van der Waals surface area contributed by atoms with Gasteiger partial charge >= 0.3 is 0 Å². The van der Waals surface area contributed by atoms with Gasteiger partial charge in [-0.3, -0.25) is 4.79 Å². The molecule has 2 aromatic rings. The number of ketones is 1. The predicted molar refractivity (Wildman–Crippen MR) is 51.6 cm³/mol. The van der Waals surface area contributed by atoms with Crippen molar-refractivity contribution in [3.05, 3.63) is 22.6 Å². The highest BCUT2D eigenvalue weighted by Gasteiger charge is 2.09. The highest BCUT2D eigenvalue weighted by molar-refractivity contribution is 9.10. The molecule has 2 aromatic heterocycles. The van der Waals surface area contributed by atoms with Gasteiger partial charge in [0.15, 0.2) is 11.4 Å². The summed E-state index contributed by atoms with van der Waals surface area (Å²) in [5.74, 6) is -0.0151. The van der Waals surface area contributed by atoms with Gasteiger partial charge < -0.3 is 4.98 Å². The highest BCUT2D eigenvalue weighted by atomic mass is 79.9. The van der Waals surface area contributed by atoms with Crippen LogP contribution in [0, 0.1) is 0 Å². The summed E-state index contributed by atoms with van der Waals surface area (Å²) in [4.78, 5) is 22.2. The monoisotopic (exact) mass is 239 g/mol. The van der Waals surface area contributed by atoms with E-state index in [9.17, 15) is 4.79 Å². The Kier molecular flexibility index (Phi) is 1.88. The Morgan fingerprint density at radius 3 is 3.08 bits per heavy atom. The third-order valence-corrected chi connectivity index (χ3v) is 2.11. The molecule has 0 aromatic carbocycles. The lowest BCUT2D eigenvalue weighted by atomic mass is 10.2. The molecule has 0 atom stereocenters. The number of aromatic amines is 1. The molecule has 2 heterocycles. The van der Waals surface area contributed by atoms with E-state index in [0.717, 1.165) is 0 Å². The molecule has 1 N–H and O–H groups in total. The second-order valence-corrected chi connectivity index (χ2v) is 3.46. The molecule has 0 saturated carbocycles. The van der Waals surface area contributed by atoms with Gasteiger partial charge in [0, 0.05) is 6.20 Å². The van der Waals surface area contributed by atoms with Crippen molar-refractivity contribution in [1.82, 2.24) is 15.0 Å². The van der Waals surface area contributed by atoms with Crippen LogP contribution in [0.1, 0.15) is 17.3 Å². The van der Waals surface area contributed by atoms with Gasteiger partial charge in [-0.25, -0.2) is 9.97 Å². The number of hydrogen-bond acceptors (Lipinski definition) is 3. The Morgan fingerprint density at radius 1 is 1.62 bits per heavy atom. The van der Waals surface area contributed by atoms with E-state index in [-0.39, 0.29) is 5.78 Å². The molecule has 2 rings (SSSR count). The van der Waals surface area contributed by atoms with Gasteiger partial charge in [-0.15, -0.1) is 0 Å². The molecule has 0 spiro atoms. The van der Waals surface area contributed by atoms with E-state index in [1.54, 1.807) is 12.4 Å². The minimum absolute atomic E-state index is 0.0151. The van der Waals surface area contributed by atoms with Crippen molar-refractivity contribution >= 4 is 32.9 Å². The fourth-order valence-electron chi connectivity index (χ4n) is 1.14. The molecule has 13 heavy (non-hydrogen) atoms. The average molecular weight is 240 g/mol. The zero-order valence-corrected chi connectivity index (χ0v) is 8.42. The number of carbonyl (C=O) groups excluding carboxylic acids is 1. The number of carbonyl (C=O) groups is 1. The molecule has 0 saturated heterocycles. The molecule has 0 bridgehead atoms. The van der Waals surface area contributed by atoms with Crippen LogP contribution < -0.4 is 0 Å². The van der Waals surface area contributed by atoms with E-state index >= 15 is 0 Å². The lowest BCUT2D eigenvalue weighted by molar-refractivity contribution is 0.101. The molecule has 5 heteroatoms. The Balaban J connectivity index is 2.79. The molecule has 0 fully saturated rings. The molecule has 66 valence electrons. The van der Waals surface area contributed by atoms with Gasteiger partial charge in [-0.2, -0.15) is 0 Å². The van der Waals surface area contributed by atoms with E-state index in [1.807, 2.05) is 0 Å². The normalized spacial score (nSPS) is 10.6. The van der Waals surface area contributed by atoms with Crippen LogP contribution in [0.3, 0.4) is 0 Å². The molecule has 0 aliphatic rings. The fraction of sp³-hybridized carbons (Fsp3) is 0.125. The zero-order valence-electron chi connectivity index (χ0n) is 6.84. The maximum Gasteiger partial charge on any atom is 0.163 e. The van der Waals surface area contributed by atoms with Crippen LogP contribution in [0.4, 0.5) is 0 Å². The summed E-state index contributed by atoms with van der Waals surface area (Å²) in [6.07, 6.45) is 3.21. The van der Waals surface area contributed by atoms with E-state index in [0.29, 0.717) is 21.3 Å². The summed E-state index contributed by atoms with van der Waals surface area (Å²) < 4.78 is 0.627. The molecule has 0 amide bonds. The molecule has 0 radical (unpaired) electrons. The standard InChI is InChI=1S/C8H6BrN3O/c1-4(13)5-2-10-8-7(5)12-6(9)3-11-8/h2-3H,1H3,(H,10,11). The summed E-state index contributed by atoms with van der Waals surface area (Å²) in [6.45, 7) is 1.51. The topological polar surface area (TPSA) is 58.6 Å². The van der Waals surface area contributed by atoms with Gasteiger partial charge in [-0.05, 0) is 22.9 Å². The number of Topliss-reactive ketones (excluding diaryl/α,β-unsaturated/α-hetero) is 1. The Labute approximate surface area is 82.5 Å². The smallest absolute Gasteiger partial charge is 0.163 e. The molecule has 0 unspecified atom stereocenters. The molecule has 0 aliphatic carbocycles. The van der Waals surface area contributed by atoms with Crippen molar-refractivity contribution in [2.45, 2.75) is 6.92 Å². The summed E-state index contributed by atoms with van der Waals surface area (Å²) in [5, 5.41) is 0. The number of nitrogens with one attached hydrogen (secondary N) is 1. The number of rotatable bonds is 1. The average Bonchev–Trinajstić information content (AvgIpc) is 2.46. The van der Waals surface area contributed by atoms with Crippen molar-refractivity contribution in [3.8, 4) is 0 Å². The first kappa shape index (κ1) is 8.37. The number of fused-ring (bicyclic) bond motifs is 1. The molecule has 4 nitrogen and oxygen atoms in total. The van der Waals surface area contributed by atoms with Crippen molar-refractivity contribution in [3.63, 3.8) is 0 Å². The Hall–Kier alpha value is -1.23.